The van der Waals surface area contributed by atoms with Crippen LogP contribution in [0.2, 0.25) is 0 Å². The summed E-state index contributed by atoms with van der Waals surface area (Å²) in [6.07, 6.45) is 3.86. The first kappa shape index (κ1) is 19.0. The summed E-state index contributed by atoms with van der Waals surface area (Å²) in [6.45, 7) is 2.98. The molecule has 6 nitrogen and oxygen atoms in total. The Morgan fingerprint density at radius 3 is 2.35 bits per heavy atom. The predicted octanol–water partition coefficient (Wildman–Crippen LogP) is 2.65. The molecule has 0 aromatic heterocycles. The van der Waals surface area contributed by atoms with E-state index in [-0.39, 0.29) is 0 Å². The SMILES string of the molecule is CCCCNC(=S)N(C)/N=C/c1cc(OC)c(OC)cc1OC. The van der Waals surface area contributed by atoms with Crippen molar-refractivity contribution in [2.24, 2.45) is 5.10 Å². The number of rotatable bonds is 8. The zero-order valence-electron chi connectivity index (χ0n) is 14.4. The number of hydrazone groups is 1. The minimum Gasteiger partial charge on any atom is -0.496 e. The van der Waals surface area contributed by atoms with E-state index in [0.717, 1.165) is 24.9 Å². The van der Waals surface area contributed by atoms with E-state index in [9.17, 15) is 0 Å². The number of thiocarbonyl (C=S) groups is 1. The fraction of sp³-hybridized carbons (Fsp3) is 0.500. The summed E-state index contributed by atoms with van der Waals surface area (Å²) in [6, 6.07) is 3.57. The lowest BCUT2D eigenvalue weighted by molar-refractivity contribution is 0.349. The first-order chi connectivity index (χ1) is 11.1. The summed E-state index contributed by atoms with van der Waals surface area (Å²) in [5.41, 5.74) is 0.772. The lowest BCUT2D eigenvalue weighted by atomic mass is 10.2. The van der Waals surface area contributed by atoms with E-state index >= 15 is 0 Å². The summed E-state index contributed by atoms with van der Waals surface area (Å²) in [4.78, 5) is 0. The van der Waals surface area contributed by atoms with Gasteiger partial charge in [0.05, 0.1) is 27.5 Å². The van der Waals surface area contributed by atoms with Gasteiger partial charge in [0.2, 0.25) is 0 Å². The Morgan fingerprint density at radius 2 is 1.78 bits per heavy atom. The van der Waals surface area contributed by atoms with Gasteiger partial charge in [-0.05, 0) is 24.7 Å². The number of methoxy groups -OCH3 is 3. The quantitative estimate of drug-likeness (QED) is 0.340. The molecule has 0 saturated heterocycles. The lowest BCUT2D eigenvalue weighted by Gasteiger charge is -2.16. The molecule has 0 saturated carbocycles. The van der Waals surface area contributed by atoms with Crippen molar-refractivity contribution in [2.45, 2.75) is 19.8 Å². The first-order valence-electron chi connectivity index (χ1n) is 7.42. The molecule has 1 N–H and O–H groups in total. The highest BCUT2D eigenvalue weighted by Gasteiger charge is 2.11. The molecule has 23 heavy (non-hydrogen) atoms. The monoisotopic (exact) mass is 339 g/mol. The molecule has 1 rings (SSSR count). The van der Waals surface area contributed by atoms with Crippen LogP contribution >= 0.6 is 12.2 Å². The zero-order valence-corrected chi connectivity index (χ0v) is 15.2. The number of ether oxygens (including phenoxy) is 3. The average molecular weight is 339 g/mol. The molecule has 0 spiro atoms. The summed E-state index contributed by atoms with van der Waals surface area (Å²) in [5.74, 6) is 1.86. The third-order valence-corrected chi connectivity index (χ3v) is 3.61. The molecule has 0 fully saturated rings. The maximum absolute atomic E-state index is 5.37. The van der Waals surface area contributed by atoms with Crippen molar-refractivity contribution < 1.29 is 14.2 Å². The van der Waals surface area contributed by atoms with E-state index < -0.39 is 0 Å². The number of nitrogens with one attached hydrogen (secondary N) is 1. The molecular weight excluding hydrogens is 314 g/mol. The van der Waals surface area contributed by atoms with Crippen LogP contribution in [0.5, 0.6) is 17.2 Å². The van der Waals surface area contributed by atoms with E-state index in [1.54, 1.807) is 45.7 Å². The van der Waals surface area contributed by atoms with Gasteiger partial charge in [0.1, 0.15) is 5.75 Å². The fourth-order valence-electron chi connectivity index (χ4n) is 1.84. The minimum atomic E-state index is 0.578. The van der Waals surface area contributed by atoms with Gasteiger partial charge in [-0.15, -0.1) is 0 Å². The second-order valence-electron chi connectivity index (χ2n) is 4.80. The van der Waals surface area contributed by atoms with Gasteiger partial charge in [-0.25, -0.2) is 5.01 Å². The van der Waals surface area contributed by atoms with Gasteiger partial charge in [-0.1, -0.05) is 13.3 Å². The Morgan fingerprint density at radius 1 is 1.17 bits per heavy atom. The van der Waals surface area contributed by atoms with E-state index in [2.05, 4.69) is 17.3 Å². The van der Waals surface area contributed by atoms with Crippen LogP contribution in [-0.2, 0) is 0 Å². The normalized spacial score (nSPS) is 10.5. The van der Waals surface area contributed by atoms with Gasteiger partial charge in [0.25, 0.3) is 0 Å². The molecule has 7 heteroatoms. The Hall–Kier alpha value is -2.02. The highest BCUT2D eigenvalue weighted by atomic mass is 32.1. The second-order valence-corrected chi connectivity index (χ2v) is 5.19. The summed E-state index contributed by atoms with van der Waals surface area (Å²) >= 11 is 5.28. The topological polar surface area (TPSA) is 55.3 Å². The molecule has 0 atom stereocenters. The third kappa shape index (κ3) is 5.59. The fourth-order valence-corrected chi connectivity index (χ4v) is 1.99. The third-order valence-electron chi connectivity index (χ3n) is 3.21. The van der Waals surface area contributed by atoms with Gasteiger partial charge < -0.3 is 19.5 Å². The van der Waals surface area contributed by atoms with Gasteiger partial charge in [-0.2, -0.15) is 5.10 Å². The predicted molar refractivity (Wildman–Crippen MR) is 97.0 cm³/mol. The van der Waals surface area contributed by atoms with Crippen molar-refractivity contribution in [3.8, 4) is 17.2 Å². The van der Waals surface area contributed by atoms with Crippen molar-refractivity contribution in [2.75, 3.05) is 34.9 Å². The summed E-state index contributed by atoms with van der Waals surface area (Å²) in [5, 5.41) is 9.69. The smallest absolute Gasteiger partial charge is 0.189 e. The van der Waals surface area contributed by atoms with Crippen LogP contribution in [-0.4, -0.2) is 51.3 Å². The molecule has 0 unspecified atom stereocenters. The van der Waals surface area contributed by atoms with Gasteiger partial charge in [0.15, 0.2) is 16.6 Å². The molecule has 0 aliphatic carbocycles. The second kappa shape index (κ2) is 9.89. The van der Waals surface area contributed by atoms with Crippen molar-refractivity contribution in [3.63, 3.8) is 0 Å². The van der Waals surface area contributed by atoms with E-state index in [1.807, 2.05) is 6.07 Å². The molecule has 0 radical (unpaired) electrons. The molecule has 0 aliphatic rings. The number of hydrogen-bond donors (Lipinski definition) is 1. The minimum absolute atomic E-state index is 0.578. The molecule has 0 amide bonds. The molecular formula is C16H25N3O3S. The largest absolute Gasteiger partial charge is 0.496 e. The van der Waals surface area contributed by atoms with Crippen LogP contribution in [0.4, 0.5) is 0 Å². The van der Waals surface area contributed by atoms with Crippen LogP contribution in [0.3, 0.4) is 0 Å². The Kier molecular flexibility index (Phi) is 8.18. The van der Waals surface area contributed by atoms with E-state index in [1.165, 1.54) is 0 Å². The first-order valence-corrected chi connectivity index (χ1v) is 7.83. The maximum Gasteiger partial charge on any atom is 0.189 e. The molecule has 1 aromatic rings. The van der Waals surface area contributed by atoms with Crippen molar-refractivity contribution in [1.82, 2.24) is 10.3 Å². The summed E-state index contributed by atoms with van der Waals surface area (Å²) < 4.78 is 15.9. The molecule has 0 heterocycles. The Labute approximate surface area is 143 Å². The highest BCUT2D eigenvalue weighted by molar-refractivity contribution is 7.80. The van der Waals surface area contributed by atoms with Gasteiger partial charge in [0, 0.05) is 25.2 Å². The van der Waals surface area contributed by atoms with Crippen molar-refractivity contribution in [3.05, 3.63) is 17.7 Å². The number of nitrogens with zero attached hydrogens (tertiary/aromatic N) is 2. The summed E-state index contributed by atoms with van der Waals surface area (Å²) in [7, 11) is 6.56. The van der Waals surface area contributed by atoms with E-state index in [0.29, 0.717) is 22.4 Å². The molecule has 1 aromatic carbocycles. The van der Waals surface area contributed by atoms with Crippen LogP contribution in [0, 0.1) is 0 Å². The highest BCUT2D eigenvalue weighted by Crippen LogP contribution is 2.33. The number of hydrogen-bond acceptors (Lipinski definition) is 5. The van der Waals surface area contributed by atoms with Crippen molar-refractivity contribution >= 4 is 23.5 Å². The van der Waals surface area contributed by atoms with Crippen LogP contribution < -0.4 is 19.5 Å². The maximum atomic E-state index is 5.37. The van der Waals surface area contributed by atoms with Crippen LogP contribution in [0.15, 0.2) is 17.2 Å². The lowest BCUT2D eigenvalue weighted by Crippen LogP contribution is -2.34. The zero-order chi connectivity index (χ0) is 17.2. The van der Waals surface area contributed by atoms with Gasteiger partial charge >= 0.3 is 0 Å². The molecule has 0 bridgehead atoms. The standard InChI is InChI=1S/C16H25N3O3S/c1-6-7-8-17-16(23)19(2)18-11-12-9-14(21-4)15(22-5)10-13(12)20-3/h9-11H,6-8H2,1-5H3,(H,17,23)/b18-11+. The Bertz CT molecular complexity index is 550. The Balaban J connectivity index is 2.87. The van der Waals surface area contributed by atoms with Crippen LogP contribution in [0.1, 0.15) is 25.3 Å². The molecule has 128 valence electrons. The van der Waals surface area contributed by atoms with Gasteiger partial charge in [-0.3, -0.25) is 0 Å². The average Bonchev–Trinajstić information content (AvgIpc) is 2.58. The van der Waals surface area contributed by atoms with E-state index in [4.69, 9.17) is 26.4 Å². The molecule has 0 aliphatic heterocycles. The number of benzene rings is 1. The number of unbranched alkanes of at least 4 members (excludes halogenated alkanes) is 1. The van der Waals surface area contributed by atoms with Crippen LogP contribution in [0.25, 0.3) is 0 Å². The van der Waals surface area contributed by atoms with Crippen molar-refractivity contribution in [1.29, 1.82) is 0 Å².